The second-order valence-corrected chi connectivity index (χ2v) is 7.54. The molecule has 0 radical (unpaired) electrons. The minimum Gasteiger partial charge on any atom is -0.497 e. The Kier molecular flexibility index (Phi) is 7.21. The fourth-order valence-electron chi connectivity index (χ4n) is 2.26. The summed E-state index contributed by atoms with van der Waals surface area (Å²) in [6.45, 7) is 0. The average molecular weight is 425 g/mol. The summed E-state index contributed by atoms with van der Waals surface area (Å²) in [6, 6.07) is 11.4. The van der Waals surface area contributed by atoms with Gasteiger partial charge in [0.05, 0.1) is 27.0 Å². The summed E-state index contributed by atoms with van der Waals surface area (Å²) < 4.78 is 45.3. The van der Waals surface area contributed by atoms with Crippen molar-refractivity contribution in [1.82, 2.24) is 4.98 Å². The molecule has 0 unspecified atom stereocenters. The number of anilines is 1. The van der Waals surface area contributed by atoms with E-state index in [-0.39, 0.29) is 10.6 Å². The van der Waals surface area contributed by atoms with E-state index in [9.17, 15) is 8.42 Å². The van der Waals surface area contributed by atoms with Gasteiger partial charge in [-0.15, -0.1) is 11.3 Å². The van der Waals surface area contributed by atoms with Crippen molar-refractivity contribution < 1.29 is 27.2 Å². The van der Waals surface area contributed by atoms with E-state index < -0.39 is 10.1 Å². The Balaban J connectivity index is 0.000000209. The van der Waals surface area contributed by atoms with Gasteiger partial charge in [-0.05, 0) is 30.3 Å². The Morgan fingerprint density at radius 3 is 2.18 bits per heavy atom. The van der Waals surface area contributed by atoms with E-state index >= 15 is 0 Å². The molecule has 1 aromatic heterocycles. The highest BCUT2D eigenvalue weighted by Gasteiger charge is 2.14. The van der Waals surface area contributed by atoms with E-state index in [1.165, 1.54) is 36.6 Å². The largest absolute Gasteiger partial charge is 0.497 e. The number of hydrogen-bond acceptors (Lipinski definition) is 8. The van der Waals surface area contributed by atoms with Crippen LogP contribution in [-0.2, 0) is 10.1 Å². The summed E-state index contributed by atoms with van der Waals surface area (Å²) in [7, 11) is 0.419. The van der Waals surface area contributed by atoms with E-state index in [0.29, 0.717) is 5.13 Å². The van der Waals surface area contributed by atoms with Crippen molar-refractivity contribution >= 4 is 26.6 Å². The number of nitrogen functional groups attached to an aromatic ring is 1. The molecule has 0 spiro atoms. The number of para-hydroxylation sites is 1. The van der Waals surface area contributed by atoms with Crippen molar-refractivity contribution in [2.45, 2.75) is 4.90 Å². The van der Waals surface area contributed by atoms with E-state index in [0.717, 1.165) is 22.8 Å². The molecule has 0 aliphatic carbocycles. The Labute approximate surface area is 167 Å². The normalized spacial score (nSPS) is 10.6. The summed E-state index contributed by atoms with van der Waals surface area (Å²) in [4.78, 5) is 4.01. The standard InChI is InChI=1S/C11H12N2O2S.C7H8O4S/c1-14-7-3-4-10(15-2)8(5-7)9-6-16-11(12)13-9;1-11-6-4-2-3-5-7(6)12(8,9)10/h3-6H,1-2H3,(H2,12,13);2-5H,1H3,(H,8,9,10). The third-order valence-electron chi connectivity index (χ3n) is 3.55. The van der Waals surface area contributed by atoms with E-state index in [1.807, 2.05) is 23.6 Å². The van der Waals surface area contributed by atoms with Crippen LogP contribution in [0, 0.1) is 0 Å². The predicted octanol–water partition coefficient (Wildman–Crippen LogP) is 3.35. The molecule has 0 aliphatic rings. The summed E-state index contributed by atoms with van der Waals surface area (Å²) in [5.74, 6) is 1.66. The first-order chi connectivity index (χ1) is 13.3. The lowest BCUT2D eigenvalue weighted by Gasteiger charge is -2.08. The van der Waals surface area contributed by atoms with Crippen molar-refractivity contribution in [1.29, 1.82) is 0 Å². The monoisotopic (exact) mass is 424 g/mol. The topological polar surface area (TPSA) is 121 Å². The van der Waals surface area contributed by atoms with Crippen LogP contribution in [0.15, 0.2) is 52.7 Å². The Bertz CT molecular complexity index is 1030. The van der Waals surface area contributed by atoms with Gasteiger partial charge in [0.2, 0.25) is 0 Å². The van der Waals surface area contributed by atoms with E-state index in [1.54, 1.807) is 20.3 Å². The zero-order valence-electron chi connectivity index (χ0n) is 15.4. The second kappa shape index (κ2) is 9.40. The molecule has 0 aliphatic heterocycles. The number of hydrogen-bond donors (Lipinski definition) is 2. The number of rotatable bonds is 5. The molecule has 1 heterocycles. The van der Waals surface area contributed by atoms with Crippen LogP contribution >= 0.6 is 11.3 Å². The Hall–Kier alpha value is -2.82. The summed E-state index contributed by atoms with van der Waals surface area (Å²) >= 11 is 1.40. The molecule has 3 N–H and O–H groups in total. The van der Waals surface area contributed by atoms with Gasteiger partial charge >= 0.3 is 0 Å². The molecule has 0 saturated heterocycles. The van der Waals surface area contributed by atoms with Crippen molar-refractivity contribution in [3.63, 3.8) is 0 Å². The summed E-state index contributed by atoms with van der Waals surface area (Å²) in [5.41, 5.74) is 7.30. The van der Waals surface area contributed by atoms with Gasteiger partial charge in [0.1, 0.15) is 22.1 Å². The number of aromatic nitrogens is 1. The molecule has 3 aromatic rings. The van der Waals surface area contributed by atoms with Crippen molar-refractivity contribution in [3.8, 4) is 28.5 Å². The Morgan fingerprint density at radius 2 is 1.68 bits per heavy atom. The first kappa shape index (κ1) is 21.5. The third-order valence-corrected chi connectivity index (χ3v) is 5.12. The van der Waals surface area contributed by atoms with Crippen LogP contribution in [0.4, 0.5) is 5.13 Å². The van der Waals surface area contributed by atoms with Gasteiger partial charge in [-0.25, -0.2) is 4.98 Å². The first-order valence-electron chi connectivity index (χ1n) is 7.84. The van der Waals surface area contributed by atoms with Crippen LogP contribution in [0.2, 0.25) is 0 Å². The third kappa shape index (κ3) is 5.35. The molecule has 28 heavy (non-hydrogen) atoms. The lowest BCUT2D eigenvalue weighted by atomic mass is 10.1. The fourth-order valence-corrected chi connectivity index (χ4v) is 3.48. The second-order valence-electron chi connectivity index (χ2n) is 5.26. The molecule has 10 heteroatoms. The maximum absolute atomic E-state index is 10.7. The highest BCUT2D eigenvalue weighted by Crippen LogP contribution is 2.34. The quantitative estimate of drug-likeness (QED) is 0.598. The van der Waals surface area contributed by atoms with E-state index in [4.69, 9.17) is 24.5 Å². The molecular formula is C18H20N2O6S2. The van der Waals surface area contributed by atoms with Crippen LogP contribution in [0.25, 0.3) is 11.3 Å². The van der Waals surface area contributed by atoms with Gasteiger partial charge in [0.15, 0.2) is 5.13 Å². The van der Waals surface area contributed by atoms with Crippen molar-refractivity contribution in [2.24, 2.45) is 0 Å². The van der Waals surface area contributed by atoms with Gasteiger partial charge in [-0.3, -0.25) is 4.55 Å². The van der Waals surface area contributed by atoms with Gasteiger partial charge in [-0.2, -0.15) is 8.42 Å². The molecule has 0 bridgehead atoms. The fraction of sp³-hybridized carbons (Fsp3) is 0.167. The van der Waals surface area contributed by atoms with Crippen LogP contribution in [-0.4, -0.2) is 39.3 Å². The molecule has 8 nitrogen and oxygen atoms in total. The number of methoxy groups -OCH3 is 3. The molecule has 0 atom stereocenters. The molecule has 0 amide bonds. The van der Waals surface area contributed by atoms with Gasteiger partial charge in [0.25, 0.3) is 10.1 Å². The number of nitrogens with two attached hydrogens (primary N) is 1. The first-order valence-corrected chi connectivity index (χ1v) is 10.2. The number of benzene rings is 2. The van der Waals surface area contributed by atoms with E-state index in [2.05, 4.69) is 4.98 Å². The highest BCUT2D eigenvalue weighted by molar-refractivity contribution is 7.86. The maximum atomic E-state index is 10.7. The molecule has 2 aromatic carbocycles. The zero-order valence-corrected chi connectivity index (χ0v) is 17.1. The van der Waals surface area contributed by atoms with Gasteiger partial charge < -0.3 is 19.9 Å². The lowest BCUT2D eigenvalue weighted by molar-refractivity contribution is 0.397. The van der Waals surface area contributed by atoms with Crippen LogP contribution in [0.1, 0.15) is 0 Å². The number of thiazole rings is 1. The predicted molar refractivity (Wildman–Crippen MR) is 108 cm³/mol. The minimum absolute atomic E-state index is 0.139. The number of nitrogens with zero attached hydrogens (tertiary/aromatic N) is 1. The average Bonchev–Trinajstić information content (AvgIpc) is 3.13. The van der Waals surface area contributed by atoms with Gasteiger partial charge in [-0.1, -0.05) is 12.1 Å². The summed E-state index contributed by atoms with van der Waals surface area (Å²) in [6.07, 6.45) is 0. The SMILES string of the molecule is COc1ccc(OC)c(-c2csc(N)n2)c1.COc1ccccc1S(=O)(=O)O. The maximum Gasteiger partial charge on any atom is 0.298 e. The molecular weight excluding hydrogens is 404 g/mol. The molecule has 150 valence electrons. The minimum atomic E-state index is -4.17. The number of ether oxygens (including phenoxy) is 3. The Morgan fingerprint density at radius 1 is 1.00 bits per heavy atom. The highest BCUT2D eigenvalue weighted by atomic mass is 32.2. The van der Waals surface area contributed by atoms with Crippen molar-refractivity contribution in [2.75, 3.05) is 27.1 Å². The van der Waals surface area contributed by atoms with Crippen LogP contribution in [0.3, 0.4) is 0 Å². The smallest absolute Gasteiger partial charge is 0.298 e. The van der Waals surface area contributed by atoms with Crippen molar-refractivity contribution in [3.05, 3.63) is 47.8 Å². The lowest BCUT2D eigenvalue weighted by Crippen LogP contribution is -2.00. The molecule has 0 fully saturated rings. The van der Waals surface area contributed by atoms with Crippen LogP contribution in [0.5, 0.6) is 17.2 Å². The zero-order chi connectivity index (χ0) is 20.7. The van der Waals surface area contributed by atoms with Gasteiger partial charge in [0, 0.05) is 10.9 Å². The van der Waals surface area contributed by atoms with Crippen LogP contribution < -0.4 is 19.9 Å². The molecule has 3 rings (SSSR count). The molecule has 0 saturated carbocycles. The summed E-state index contributed by atoms with van der Waals surface area (Å²) in [5, 5.41) is 2.44.